The van der Waals surface area contributed by atoms with Gasteiger partial charge in [-0.25, -0.2) is 4.79 Å². The summed E-state index contributed by atoms with van der Waals surface area (Å²) in [6.45, 7) is 9.45. The first-order valence-electron chi connectivity index (χ1n) is 10.9. The molecule has 0 spiro atoms. The van der Waals surface area contributed by atoms with Crippen LogP contribution in [0.4, 0.5) is 10.5 Å². The van der Waals surface area contributed by atoms with Crippen LogP contribution in [0.15, 0.2) is 30.5 Å². The van der Waals surface area contributed by atoms with Crippen molar-refractivity contribution in [3.05, 3.63) is 35.5 Å². The number of fused-ring (bicyclic) bond motifs is 1. The summed E-state index contributed by atoms with van der Waals surface area (Å²) in [4.78, 5) is 32.5. The zero-order valence-electron chi connectivity index (χ0n) is 18.6. The molecule has 0 saturated carbocycles. The van der Waals surface area contributed by atoms with Crippen molar-refractivity contribution in [2.45, 2.75) is 52.5 Å². The number of pyridine rings is 1. The first kappa shape index (κ1) is 24.9. The van der Waals surface area contributed by atoms with E-state index in [2.05, 4.69) is 23.7 Å². The molecule has 7 nitrogen and oxygen atoms in total. The molecule has 0 aliphatic rings. The number of aromatic nitrogens is 1. The Kier molecular flexibility index (Phi) is 10.0. The summed E-state index contributed by atoms with van der Waals surface area (Å²) in [6.07, 6.45) is 3.60. The number of nitrogens with zero attached hydrogens (tertiary/aromatic N) is 3. The molecule has 0 aliphatic carbocycles. The number of anilines is 1. The van der Waals surface area contributed by atoms with Gasteiger partial charge < -0.3 is 15.4 Å². The molecule has 0 radical (unpaired) electrons. The second-order valence-corrected chi connectivity index (χ2v) is 8.00. The lowest BCUT2D eigenvalue weighted by Gasteiger charge is -2.30. The number of rotatable bonds is 12. The predicted molar refractivity (Wildman–Crippen MR) is 125 cm³/mol. The smallest absolute Gasteiger partial charge is 0.414 e. The van der Waals surface area contributed by atoms with Crippen LogP contribution in [-0.4, -0.2) is 54.2 Å². The third-order valence-corrected chi connectivity index (χ3v) is 5.60. The molecule has 0 saturated heterocycles. The minimum atomic E-state index is -0.442. The van der Waals surface area contributed by atoms with Gasteiger partial charge in [-0.05, 0) is 70.1 Å². The van der Waals surface area contributed by atoms with Gasteiger partial charge in [-0.15, -0.1) is 0 Å². The molecule has 0 bridgehead atoms. The summed E-state index contributed by atoms with van der Waals surface area (Å²) in [6, 6.07) is 7.18. The molecule has 2 rings (SSSR count). The van der Waals surface area contributed by atoms with Crippen LogP contribution in [0.2, 0.25) is 5.02 Å². The maximum atomic E-state index is 13.1. The molecular formula is C23H33ClN4O3. The van der Waals surface area contributed by atoms with E-state index < -0.39 is 12.0 Å². The number of primary amides is 1. The highest BCUT2D eigenvalue weighted by Crippen LogP contribution is 2.30. The maximum absolute atomic E-state index is 13.1. The van der Waals surface area contributed by atoms with Crippen LogP contribution in [0.5, 0.6) is 0 Å². The summed E-state index contributed by atoms with van der Waals surface area (Å²) in [5, 5.41) is 1.42. The Morgan fingerprint density at radius 2 is 1.94 bits per heavy atom. The fourth-order valence-electron chi connectivity index (χ4n) is 3.59. The van der Waals surface area contributed by atoms with Crippen molar-refractivity contribution in [3.8, 4) is 0 Å². The van der Waals surface area contributed by atoms with E-state index in [0.717, 1.165) is 43.5 Å². The van der Waals surface area contributed by atoms with Crippen LogP contribution in [0.1, 0.15) is 46.5 Å². The average Bonchev–Trinajstić information content (AvgIpc) is 2.74. The lowest BCUT2D eigenvalue weighted by molar-refractivity contribution is -0.118. The number of hydrogen-bond acceptors (Lipinski definition) is 5. The normalized spacial score (nSPS) is 12.2. The summed E-state index contributed by atoms with van der Waals surface area (Å²) in [7, 11) is 0. The second kappa shape index (κ2) is 12.5. The van der Waals surface area contributed by atoms with Crippen LogP contribution < -0.4 is 10.6 Å². The highest BCUT2D eigenvalue weighted by Gasteiger charge is 2.25. The molecule has 1 aromatic heterocycles. The van der Waals surface area contributed by atoms with Gasteiger partial charge in [0.1, 0.15) is 0 Å². The van der Waals surface area contributed by atoms with Gasteiger partial charge in [0.05, 0.1) is 17.8 Å². The third kappa shape index (κ3) is 7.36. The Hall–Kier alpha value is -2.38. The highest BCUT2D eigenvalue weighted by molar-refractivity contribution is 6.31. The summed E-state index contributed by atoms with van der Waals surface area (Å²) in [5.74, 6) is -0.408. The van der Waals surface area contributed by atoms with Crippen LogP contribution in [0, 0.1) is 0 Å². The molecule has 1 heterocycles. The van der Waals surface area contributed by atoms with E-state index in [-0.39, 0.29) is 19.1 Å². The van der Waals surface area contributed by atoms with E-state index >= 15 is 0 Å². The maximum Gasteiger partial charge on any atom is 0.414 e. The van der Waals surface area contributed by atoms with Crippen molar-refractivity contribution in [1.29, 1.82) is 0 Å². The first-order valence-corrected chi connectivity index (χ1v) is 11.3. The molecule has 170 valence electrons. The van der Waals surface area contributed by atoms with Gasteiger partial charge in [-0.1, -0.05) is 25.4 Å². The monoisotopic (exact) mass is 448 g/mol. The van der Waals surface area contributed by atoms with Crippen LogP contribution in [-0.2, 0) is 9.53 Å². The molecule has 1 atom stereocenters. The molecule has 1 aromatic carbocycles. The fraction of sp³-hybridized carbons (Fsp3) is 0.522. The number of amides is 2. The van der Waals surface area contributed by atoms with E-state index in [1.807, 2.05) is 19.1 Å². The van der Waals surface area contributed by atoms with Gasteiger partial charge in [-0.3, -0.25) is 14.7 Å². The molecule has 2 amide bonds. The number of benzene rings is 1. The van der Waals surface area contributed by atoms with Gasteiger partial charge in [-0.2, -0.15) is 0 Å². The SMILES string of the molecule is CCN(CC)CCC[C@H](C)N(C(=O)OCCCC(N)=O)c1ccnc2cc(Cl)ccc12. The number of halogens is 1. The quantitative estimate of drug-likeness (QED) is 0.479. The Labute approximate surface area is 189 Å². The van der Waals surface area contributed by atoms with Crippen molar-refractivity contribution in [1.82, 2.24) is 9.88 Å². The minimum Gasteiger partial charge on any atom is -0.449 e. The molecule has 0 fully saturated rings. The van der Waals surface area contributed by atoms with E-state index in [0.29, 0.717) is 17.0 Å². The van der Waals surface area contributed by atoms with Gasteiger partial charge in [0.15, 0.2) is 0 Å². The van der Waals surface area contributed by atoms with Crippen LogP contribution >= 0.6 is 11.6 Å². The summed E-state index contributed by atoms with van der Waals surface area (Å²) < 4.78 is 5.49. The Balaban J connectivity index is 2.23. The van der Waals surface area contributed by atoms with Crippen molar-refractivity contribution in [3.63, 3.8) is 0 Å². The van der Waals surface area contributed by atoms with E-state index in [1.165, 1.54) is 0 Å². The topological polar surface area (TPSA) is 88.8 Å². The highest BCUT2D eigenvalue weighted by atomic mass is 35.5. The van der Waals surface area contributed by atoms with Crippen LogP contribution in [0.25, 0.3) is 10.9 Å². The van der Waals surface area contributed by atoms with Crippen molar-refractivity contribution >= 4 is 40.2 Å². The van der Waals surface area contributed by atoms with Gasteiger partial charge >= 0.3 is 6.09 Å². The second-order valence-electron chi connectivity index (χ2n) is 7.56. The lowest BCUT2D eigenvalue weighted by atomic mass is 10.1. The van der Waals surface area contributed by atoms with E-state index in [9.17, 15) is 9.59 Å². The van der Waals surface area contributed by atoms with Crippen LogP contribution in [0.3, 0.4) is 0 Å². The first-order chi connectivity index (χ1) is 14.9. The van der Waals surface area contributed by atoms with Crippen molar-refractivity contribution < 1.29 is 14.3 Å². The molecule has 8 heteroatoms. The lowest BCUT2D eigenvalue weighted by Crippen LogP contribution is -2.40. The zero-order chi connectivity index (χ0) is 22.8. The van der Waals surface area contributed by atoms with Gasteiger partial charge in [0.2, 0.25) is 5.91 Å². The molecule has 0 aliphatic heterocycles. The van der Waals surface area contributed by atoms with Crippen molar-refractivity contribution in [2.24, 2.45) is 5.73 Å². The Bertz CT molecular complexity index is 873. The third-order valence-electron chi connectivity index (χ3n) is 5.36. The Morgan fingerprint density at radius 3 is 2.61 bits per heavy atom. The Morgan fingerprint density at radius 1 is 1.19 bits per heavy atom. The number of carbonyl (C=O) groups is 2. The molecule has 31 heavy (non-hydrogen) atoms. The zero-order valence-corrected chi connectivity index (χ0v) is 19.4. The number of hydrogen-bond donors (Lipinski definition) is 1. The summed E-state index contributed by atoms with van der Waals surface area (Å²) >= 11 is 6.12. The summed E-state index contributed by atoms with van der Waals surface area (Å²) in [5.41, 5.74) is 6.62. The molecule has 0 unspecified atom stereocenters. The molecule has 2 aromatic rings. The number of nitrogens with two attached hydrogens (primary N) is 1. The molecule has 2 N–H and O–H groups in total. The van der Waals surface area contributed by atoms with Gasteiger partial charge in [0, 0.05) is 29.1 Å². The van der Waals surface area contributed by atoms with Gasteiger partial charge in [0.25, 0.3) is 0 Å². The largest absolute Gasteiger partial charge is 0.449 e. The van der Waals surface area contributed by atoms with E-state index in [4.69, 9.17) is 22.1 Å². The predicted octanol–water partition coefficient (Wildman–Crippen LogP) is 4.61. The number of ether oxygens (including phenoxy) is 1. The molecular weight excluding hydrogens is 416 g/mol. The fourth-order valence-corrected chi connectivity index (χ4v) is 3.75. The number of carbonyl (C=O) groups excluding carboxylic acids is 2. The average molecular weight is 449 g/mol. The van der Waals surface area contributed by atoms with Crippen molar-refractivity contribution in [2.75, 3.05) is 31.1 Å². The standard InChI is InChI=1S/C23H33ClN4O3/c1-4-27(5-2)14-6-8-17(3)28(23(30)31-15-7-9-22(25)29)21-12-13-26-20-16-18(24)10-11-19(20)21/h10-13,16-17H,4-9,14-15H2,1-3H3,(H2,25,29)/t17-/m0/s1. The van der Waals surface area contributed by atoms with E-state index in [1.54, 1.807) is 23.2 Å². The minimum absolute atomic E-state index is 0.0829.